The normalized spacial score (nSPS) is 9.90. The summed E-state index contributed by atoms with van der Waals surface area (Å²) in [5.74, 6) is -0.119. The third-order valence-corrected chi connectivity index (χ3v) is 2.68. The lowest BCUT2D eigenvalue weighted by Gasteiger charge is -2.09. The van der Waals surface area contributed by atoms with Gasteiger partial charge in [-0.25, -0.2) is 0 Å². The Labute approximate surface area is 132 Å². The van der Waals surface area contributed by atoms with E-state index in [0.29, 0.717) is 17.7 Å². The highest BCUT2D eigenvalue weighted by atomic mass is 35.5. The molecule has 0 bridgehead atoms. The third-order valence-electron chi connectivity index (χ3n) is 2.68. The fraction of sp³-hybridized carbons (Fsp3) is 0.467. The fourth-order valence-electron chi connectivity index (χ4n) is 1.70. The predicted octanol–water partition coefficient (Wildman–Crippen LogP) is 2.18. The largest absolute Gasteiger partial charge is 0.350 e. The van der Waals surface area contributed by atoms with Gasteiger partial charge in [0.05, 0.1) is 0 Å². The molecule has 1 aromatic carbocycles. The number of hydrogen-bond acceptors (Lipinski definition) is 3. The number of amides is 2. The van der Waals surface area contributed by atoms with Crippen LogP contribution in [0.5, 0.6) is 0 Å². The Morgan fingerprint density at radius 1 is 1.14 bits per heavy atom. The van der Waals surface area contributed by atoms with E-state index in [9.17, 15) is 9.59 Å². The van der Waals surface area contributed by atoms with Gasteiger partial charge in [0.2, 0.25) is 5.91 Å². The van der Waals surface area contributed by atoms with Gasteiger partial charge >= 0.3 is 0 Å². The molecule has 0 aromatic heterocycles. The molecule has 0 spiro atoms. The van der Waals surface area contributed by atoms with Crippen LogP contribution in [-0.2, 0) is 4.79 Å². The zero-order valence-electron chi connectivity index (χ0n) is 12.7. The minimum Gasteiger partial charge on any atom is -0.350 e. The van der Waals surface area contributed by atoms with E-state index in [1.54, 1.807) is 24.3 Å². The smallest absolute Gasteiger partial charge is 0.251 e. The van der Waals surface area contributed by atoms with Crippen LogP contribution in [0.4, 0.5) is 5.69 Å². The summed E-state index contributed by atoms with van der Waals surface area (Å²) in [7, 11) is 1.86. The second-order valence-electron chi connectivity index (χ2n) is 4.96. The van der Waals surface area contributed by atoms with Crippen LogP contribution in [0.15, 0.2) is 24.3 Å². The van der Waals surface area contributed by atoms with Crippen molar-refractivity contribution < 1.29 is 9.59 Å². The molecule has 0 radical (unpaired) electrons. The van der Waals surface area contributed by atoms with Gasteiger partial charge in [0.25, 0.3) is 5.91 Å². The summed E-state index contributed by atoms with van der Waals surface area (Å²) >= 11 is 0. The topological polar surface area (TPSA) is 70.2 Å². The molecule has 1 rings (SSSR count). The Hall–Kier alpha value is -1.59. The molecule has 118 valence electrons. The second kappa shape index (κ2) is 10.2. The lowest BCUT2D eigenvalue weighted by Crippen LogP contribution is -2.30. The van der Waals surface area contributed by atoms with Gasteiger partial charge in [-0.05, 0) is 58.1 Å². The molecular weight excluding hydrogens is 290 g/mol. The van der Waals surface area contributed by atoms with Crippen LogP contribution in [0.2, 0.25) is 0 Å². The quantitative estimate of drug-likeness (QED) is 0.676. The molecule has 21 heavy (non-hydrogen) atoms. The van der Waals surface area contributed by atoms with Gasteiger partial charge in [0.15, 0.2) is 0 Å². The van der Waals surface area contributed by atoms with Crippen molar-refractivity contribution in [3.8, 4) is 0 Å². The molecule has 3 N–H and O–H groups in total. The van der Waals surface area contributed by atoms with Crippen molar-refractivity contribution in [1.82, 2.24) is 10.6 Å². The second-order valence-corrected chi connectivity index (χ2v) is 4.96. The third kappa shape index (κ3) is 7.68. The molecule has 0 heterocycles. The number of rotatable bonds is 7. The standard InChI is InChI=1S/C15H23N3O2.ClH/c1-11(2)17-15(20)12-6-8-13(9-7-12)18-14(19)5-4-10-16-3;/h6-9,11,16H,4-5,10H2,1-3H3,(H,17,20)(H,18,19);1H. The SMILES string of the molecule is CNCCCC(=O)Nc1ccc(C(=O)NC(C)C)cc1.Cl. The molecule has 0 saturated carbocycles. The van der Waals surface area contributed by atoms with E-state index in [1.165, 1.54) is 0 Å². The summed E-state index contributed by atoms with van der Waals surface area (Å²) in [5, 5.41) is 8.63. The first kappa shape index (κ1) is 19.4. The number of halogens is 1. The zero-order valence-corrected chi connectivity index (χ0v) is 13.5. The highest BCUT2D eigenvalue weighted by Crippen LogP contribution is 2.10. The Bertz CT molecular complexity index is 447. The highest BCUT2D eigenvalue weighted by Gasteiger charge is 2.07. The van der Waals surface area contributed by atoms with Crippen LogP contribution in [0.1, 0.15) is 37.0 Å². The minimum atomic E-state index is -0.105. The van der Waals surface area contributed by atoms with E-state index in [0.717, 1.165) is 13.0 Å². The summed E-state index contributed by atoms with van der Waals surface area (Å²) in [6, 6.07) is 7.01. The number of benzene rings is 1. The summed E-state index contributed by atoms with van der Waals surface area (Å²) < 4.78 is 0. The summed E-state index contributed by atoms with van der Waals surface area (Å²) in [5.41, 5.74) is 1.30. The van der Waals surface area contributed by atoms with Gasteiger partial charge < -0.3 is 16.0 Å². The average Bonchev–Trinajstić information content (AvgIpc) is 2.39. The van der Waals surface area contributed by atoms with E-state index in [4.69, 9.17) is 0 Å². The fourth-order valence-corrected chi connectivity index (χ4v) is 1.70. The van der Waals surface area contributed by atoms with Crippen molar-refractivity contribution >= 4 is 29.9 Å². The first-order valence-electron chi connectivity index (χ1n) is 6.88. The van der Waals surface area contributed by atoms with E-state index >= 15 is 0 Å². The summed E-state index contributed by atoms with van der Waals surface area (Å²) in [6.07, 6.45) is 1.29. The van der Waals surface area contributed by atoms with Crippen LogP contribution in [0.25, 0.3) is 0 Å². The van der Waals surface area contributed by atoms with Crippen LogP contribution >= 0.6 is 12.4 Å². The number of carbonyl (C=O) groups excluding carboxylic acids is 2. The Balaban J connectivity index is 0.00000400. The number of anilines is 1. The van der Waals surface area contributed by atoms with Crippen molar-refractivity contribution in [3.63, 3.8) is 0 Å². The molecule has 0 aliphatic rings. The zero-order chi connectivity index (χ0) is 15.0. The van der Waals surface area contributed by atoms with Crippen LogP contribution < -0.4 is 16.0 Å². The minimum absolute atomic E-state index is 0. The summed E-state index contributed by atoms with van der Waals surface area (Å²) in [4.78, 5) is 23.4. The molecule has 0 unspecified atom stereocenters. The Morgan fingerprint density at radius 2 is 1.76 bits per heavy atom. The van der Waals surface area contributed by atoms with Crippen molar-refractivity contribution in [1.29, 1.82) is 0 Å². The molecule has 1 aromatic rings. The predicted molar refractivity (Wildman–Crippen MR) is 88.1 cm³/mol. The lowest BCUT2D eigenvalue weighted by molar-refractivity contribution is -0.116. The summed E-state index contributed by atoms with van der Waals surface area (Å²) in [6.45, 7) is 4.65. The van der Waals surface area contributed by atoms with Gasteiger partial charge in [-0.15, -0.1) is 12.4 Å². The van der Waals surface area contributed by atoms with Crippen LogP contribution in [0.3, 0.4) is 0 Å². The molecule has 2 amide bonds. The van der Waals surface area contributed by atoms with Crippen LogP contribution in [-0.4, -0.2) is 31.4 Å². The van der Waals surface area contributed by atoms with E-state index in [1.807, 2.05) is 20.9 Å². The van der Waals surface area contributed by atoms with Gasteiger partial charge in [-0.1, -0.05) is 0 Å². The highest BCUT2D eigenvalue weighted by molar-refractivity contribution is 5.95. The average molecular weight is 314 g/mol. The van der Waals surface area contributed by atoms with E-state index < -0.39 is 0 Å². The van der Waals surface area contributed by atoms with Gasteiger partial charge in [0, 0.05) is 23.7 Å². The first-order valence-corrected chi connectivity index (χ1v) is 6.88. The van der Waals surface area contributed by atoms with Crippen molar-refractivity contribution in [2.45, 2.75) is 32.7 Å². The number of carbonyl (C=O) groups is 2. The maximum Gasteiger partial charge on any atom is 0.251 e. The molecule has 5 nitrogen and oxygen atoms in total. The van der Waals surface area contributed by atoms with Crippen LogP contribution in [0, 0.1) is 0 Å². The van der Waals surface area contributed by atoms with Crippen molar-refractivity contribution in [2.75, 3.05) is 18.9 Å². The van der Waals surface area contributed by atoms with Crippen molar-refractivity contribution in [3.05, 3.63) is 29.8 Å². The first-order chi connectivity index (χ1) is 9.52. The Kier molecular flexibility index (Phi) is 9.41. The number of hydrogen-bond donors (Lipinski definition) is 3. The van der Waals surface area contributed by atoms with Gasteiger partial charge in [0.1, 0.15) is 0 Å². The molecule has 0 aliphatic carbocycles. The molecule has 0 fully saturated rings. The Morgan fingerprint density at radius 3 is 2.29 bits per heavy atom. The van der Waals surface area contributed by atoms with E-state index in [-0.39, 0.29) is 30.3 Å². The number of nitrogens with one attached hydrogen (secondary N) is 3. The van der Waals surface area contributed by atoms with Crippen molar-refractivity contribution in [2.24, 2.45) is 0 Å². The molecule has 0 saturated heterocycles. The molecule has 0 aliphatic heterocycles. The molecular formula is C15H24ClN3O2. The maximum atomic E-state index is 11.8. The molecule has 6 heteroatoms. The van der Waals surface area contributed by atoms with E-state index in [2.05, 4.69) is 16.0 Å². The monoisotopic (exact) mass is 313 g/mol. The maximum absolute atomic E-state index is 11.8. The van der Waals surface area contributed by atoms with Gasteiger partial charge in [-0.3, -0.25) is 9.59 Å². The lowest BCUT2D eigenvalue weighted by atomic mass is 10.2. The molecule has 0 atom stereocenters. The van der Waals surface area contributed by atoms with Gasteiger partial charge in [-0.2, -0.15) is 0 Å².